The summed E-state index contributed by atoms with van der Waals surface area (Å²) in [4.78, 5) is 0. The first-order valence-corrected chi connectivity index (χ1v) is 8.98. The second kappa shape index (κ2) is 29.5. The fourth-order valence-corrected chi connectivity index (χ4v) is 1.41. The molecule has 0 aliphatic rings. The quantitative estimate of drug-likeness (QED) is 0.405. The van der Waals surface area contributed by atoms with Gasteiger partial charge >= 0.3 is 23.9 Å². The summed E-state index contributed by atoms with van der Waals surface area (Å²) in [5.74, 6) is 4.58. The van der Waals surface area contributed by atoms with Gasteiger partial charge in [-0.05, 0) is 23.7 Å². The van der Waals surface area contributed by atoms with Crippen LogP contribution in [0.25, 0.3) is 0 Å². The molecule has 0 atom stereocenters. The summed E-state index contributed by atoms with van der Waals surface area (Å²) in [6.45, 7) is 24.2. The second-order valence-electron chi connectivity index (χ2n) is 6.56. The Morgan fingerprint density at radius 3 is 0.762 bits per heavy atom. The van der Waals surface area contributed by atoms with Crippen molar-refractivity contribution >= 4 is 49.2 Å². The van der Waals surface area contributed by atoms with E-state index in [0.717, 1.165) is 23.3 Å². The Morgan fingerprint density at radius 2 is 0.762 bits per heavy atom. The average molecular weight is 439 g/mol. The van der Waals surface area contributed by atoms with Crippen LogP contribution in [0.15, 0.2) is 0 Å². The Kier molecular flexibility index (Phi) is 47.7. The first-order valence-electron chi connectivity index (χ1n) is 7.83. The van der Waals surface area contributed by atoms with E-state index in [1.807, 2.05) is 0 Å². The van der Waals surface area contributed by atoms with Gasteiger partial charge in [0.05, 0.1) is 0 Å². The van der Waals surface area contributed by atoms with Crippen LogP contribution in [-0.2, 0) is 25.3 Å². The molecule has 128 valence electrons. The third-order valence-electron chi connectivity index (χ3n) is 1.39. The van der Waals surface area contributed by atoms with Crippen molar-refractivity contribution in [1.82, 2.24) is 0 Å². The van der Waals surface area contributed by atoms with Gasteiger partial charge in [-0.25, -0.2) is 0 Å². The maximum absolute atomic E-state index is 4.73. The van der Waals surface area contributed by atoms with Crippen LogP contribution in [0.1, 0.15) is 68.2 Å². The Morgan fingerprint density at radius 1 is 0.619 bits per heavy atom. The number of hydrogen-bond donors (Lipinski definition) is 0. The van der Waals surface area contributed by atoms with E-state index >= 15 is 0 Å². The molecule has 0 saturated carbocycles. The molecule has 0 unspecified atom stereocenters. The molecular weight excluding hydrogens is 399 g/mol. The third-order valence-corrected chi connectivity index (χ3v) is 1.86. The zero-order valence-corrected chi connectivity index (χ0v) is 20.4. The summed E-state index contributed by atoms with van der Waals surface area (Å²) in [7, 11) is 0. The molecule has 0 rings (SSSR count). The summed E-state index contributed by atoms with van der Waals surface area (Å²) in [5.41, 5.74) is 0. The molecule has 0 fully saturated rings. The van der Waals surface area contributed by atoms with Crippen LogP contribution in [0.3, 0.4) is 0 Å². The van der Waals surface area contributed by atoms with Crippen LogP contribution in [0, 0.1) is 37.5 Å². The van der Waals surface area contributed by atoms with Crippen LogP contribution in [-0.4, -0.2) is 35.4 Å². The van der Waals surface area contributed by atoms with E-state index < -0.39 is 0 Å². The van der Waals surface area contributed by atoms with Crippen molar-refractivity contribution in [1.29, 1.82) is 0 Å². The maximum atomic E-state index is 4.73. The van der Waals surface area contributed by atoms with Crippen molar-refractivity contribution in [3.63, 3.8) is 0 Å². The minimum atomic E-state index is 0. The summed E-state index contributed by atoms with van der Waals surface area (Å²) in [6, 6.07) is 0. The van der Waals surface area contributed by atoms with E-state index in [2.05, 4.69) is 69.2 Å². The van der Waals surface area contributed by atoms with Gasteiger partial charge in [-0.1, -0.05) is 82.1 Å². The van der Waals surface area contributed by atoms with Gasteiger partial charge in [0, 0.05) is 0 Å². The normalized spacial score (nSPS) is 9.14. The van der Waals surface area contributed by atoms with Gasteiger partial charge < -0.3 is 25.3 Å². The Balaban J connectivity index is -0.0000000544. The number of rotatable bonds is 4. The van der Waals surface area contributed by atoms with Gasteiger partial charge in [-0.3, -0.25) is 0 Å². The molecule has 0 heterocycles. The van der Waals surface area contributed by atoms with Gasteiger partial charge in [-0.2, -0.15) is 11.5 Å². The first-order chi connectivity index (χ1) is 9.00. The Bertz CT molecular complexity index is 114. The molecule has 0 aromatic carbocycles. The number of hydrogen-bond acceptors (Lipinski definition) is 2. The third kappa shape index (κ3) is 145. The Hall–Kier alpha value is 1.50. The molecule has 0 amide bonds. The van der Waals surface area contributed by atoms with Gasteiger partial charge in [0.15, 0.2) is 0 Å². The molecule has 0 aliphatic carbocycles. The van der Waals surface area contributed by atoms with E-state index in [4.69, 9.17) is 25.3 Å². The predicted octanol–water partition coefficient (Wildman–Crippen LogP) is 5.73. The molecule has 3 heteroatoms. The fraction of sp³-hybridized carbons (Fsp3) is 0.889. The zero-order chi connectivity index (χ0) is 17.1. The topological polar surface area (TPSA) is 0 Å². The summed E-state index contributed by atoms with van der Waals surface area (Å²) in [5, 5.41) is 0. The first kappa shape index (κ1) is 34.0. The second-order valence-corrected chi connectivity index (χ2v) is 7.38. The van der Waals surface area contributed by atoms with Crippen molar-refractivity contribution in [3.05, 3.63) is 13.8 Å². The molecule has 0 N–H and O–H groups in total. The monoisotopic (exact) mass is 440 g/mol. The molecule has 0 aliphatic heterocycles. The maximum Gasteiger partial charge on any atom is 2.00 e. The van der Waals surface area contributed by atoms with Crippen LogP contribution < -0.4 is 0 Å². The van der Waals surface area contributed by atoms with Crippen molar-refractivity contribution in [3.8, 4) is 0 Å². The molecular formula is C18H40S2Sn. The van der Waals surface area contributed by atoms with E-state index in [0.29, 0.717) is 11.8 Å². The average Bonchev–Trinajstić information content (AvgIpc) is 2.15. The standard InChI is InChI=1S/2C5H12S.2C4H9.Sn/c2*1-5(2)3-4-6;2*1-4(2)3;/h2*5-6H,3-4H2,1-2H3;2*4H,1H2,2-3H3;/q;;;;+2/p-2. The van der Waals surface area contributed by atoms with Crippen LogP contribution >= 0.6 is 0 Å². The fourth-order valence-electron chi connectivity index (χ4n) is 0.471. The van der Waals surface area contributed by atoms with Crippen LogP contribution in [0.2, 0.25) is 0 Å². The van der Waals surface area contributed by atoms with Crippen molar-refractivity contribution < 1.29 is 0 Å². The Labute approximate surface area is 165 Å². The van der Waals surface area contributed by atoms with Crippen molar-refractivity contribution in [2.75, 3.05) is 11.5 Å². The largest absolute Gasteiger partial charge is 2.00 e. The predicted molar refractivity (Wildman–Crippen MR) is 110 cm³/mol. The van der Waals surface area contributed by atoms with Gasteiger partial charge in [0.25, 0.3) is 0 Å². The van der Waals surface area contributed by atoms with Crippen molar-refractivity contribution in [2.24, 2.45) is 23.7 Å². The zero-order valence-electron chi connectivity index (χ0n) is 15.9. The molecule has 21 heavy (non-hydrogen) atoms. The molecule has 0 aromatic heterocycles. The van der Waals surface area contributed by atoms with Crippen molar-refractivity contribution in [2.45, 2.75) is 68.2 Å². The minimum absolute atomic E-state index is 0. The van der Waals surface area contributed by atoms with Gasteiger partial charge in [0.1, 0.15) is 0 Å². The van der Waals surface area contributed by atoms with Gasteiger partial charge in [0.2, 0.25) is 0 Å². The molecule has 0 saturated heterocycles. The molecule has 0 aromatic rings. The van der Waals surface area contributed by atoms with Gasteiger partial charge in [-0.15, -0.1) is 0 Å². The van der Waals surface area contributed by atoms with E-state index in [1.54, 1.807) is 0 Å². The summed E-state index contributed by atoms with van der Waals surface area (Å²) >= 11 is 9.46. The van der Waals surface area contributed by atoms with Crippen LogP contribution in [0.4, 0.5) is 0 Å². The summed E-state index contributed by atoms with van der Waals surface area (Å²) < 4.78 is 0. The van der Waals surface area contributed by atoms with E-state index in [1.165, 1.54) is 12.8 Å². The smallest absolute Gasteiger partial charge is 0.793 e. The van der Waals surface area contributed by atoms with Crippen LogP contribution in [0.5, 0.6) is 0 Å². The SMILES string of the molecule is CC(C)CC[S-].CC(C)CC[S-].[CH2]C(C)C.[CH2]C(C)C.[Sn+2]. The minimum Gasteiger partial charge on any atom is -0.793 e. The molecule has 0 spiro atoms. The van der Waals surface area contributed by atoms with E-state index in [9.17, 15) is 0 Å². The molecule has 0 nitrogen and oxygen atoms in total. The molecule has 4 radical (unpaired) electrons. The molecule has 0 bridgehead atoms. The van der Waals surface area contributed by atoms with E-state index in [-0.39, 0.29) is 23.9 Å². The summed E-state index contributed by atoms with van der Waals surface area (Å²) in [6.07, 6.45) is 2.38.